The Hall–Kier alpha value is -1.75. The van der Waals surface area contributed by atoms with E-state index in [-0.39, 0.29) is 5.69 Å². The maximum atomic E-state index is 13.2. The molecule has 4 nitrogen and oxygen atoms in total. The van der Waals surface area contributed by atoms with Crippen molar-refractivity contribution in [3.05, 3.63) is 51.3 Å². The summed E-state index contributed by atoms with van der Waals surface area (Å²) in [5, 5.41) is 13.9. The van der Waals surface area contributed by atoms with Crippen LogP contribution in [0.2, 0.25) is 0 Å². The van der Waals surface area contributed by atoms with Gasteiger partial charge in [0.2, 0.25) is 0 Å². The highest BCUT2D eigenvalue weighted by Gasteiger charge is 2.09. The van der Waals surface area contributed by atoms with E-state index in [2.05, 4.69) is 11.4 Å². The van der Waals surface area contributed by atoms with E-state index in [1.54, 1.807) is 0 Å². The first-order valence-corrected chi connectivity index (χ1v) is 6.97. The molecular weight excluding hydrogens is 259 g/mol. The zero-order valence-electron chi connectivity index (χ0n) is 11.4. The summed E-state index contributed by atoms with van der Waals surface area (Å²) in [5.74, 6) is -0.564. The Bertz CT molecular complexity index is 515. The first kappa shape index (κ1) is 14.7. The molecule has 0 atom stereocenters. The van der Waals surface area contributed by atoms with Crippen LogP contribution in [0.15, 0.2) is 29.8 Å². The van der Waals surface area contributed by atoms with Gasteiger partial charge in [-0.15, -0.1) is 0 Å². The molecule has 0 saturated heterocycles. The molecule has 5 heteroatoms. The van der Waals surface area contributed by atoms with Crippen molar-refractivity contribution in [3.63, 3.8) is 0 Å². The Morgan fingerprint density at radius 1 is 1.30 bits per heavy atom. The van der Waals surface area contributed by atoms with Crippen LogP contribution in [0.4, 0.5) is 10.1 Å². The Kier molecular flexibility index (Phi) is 5.24. The predicted molar refractivity (Wildman–Crippen MR) is 75.9 cm³/mol. The van der Waals surface area contributed by atoms with Gasteiger partial charge in [0, 0.05) is 12.6 Å². The largest absolute Gasteiger partial charge is 0.312 e. The summed E-state index contributed by atoms with van der Waals surface area (Å²) >= 11 is 0. The van der Waals surface area contributed by atoms with Crippen LogP contribution in [0.25, 0.3) is 0 Å². The molecule has 0 radical (unpaired) electrons. The molecular formula is C15H19FN2O2. The predicted octanol–water partition coefficient (Wildman–Crippen LogP) is 3.71. The van der Waals surface area contributed by atoms with E-state index in [9.17, 15) is 14.5 Å². The van der Waals surface area contributed by atoms with E-state index in [1.165, 1.54) is 43.4 Å². The molecule has 1 N–H and O–H groups in total. The van der Waals surface area contributed by atoms with Gasteiger partial charge in [-0.2, -0.15) is 0 Å². The Balaban J connectivity index is 1.81. The lowest BCUT2D eigenvalue weighted by Gasteiger charge is -2.13. The quantitative estimate of drug-likeness (QED) is 0.373. The van der Waals surface area contributed by atoms with Gasteiger partial charge >= 0.3 is 0 Å². The smallest absolute Gasteiger partial charge is 0.272 e. The number of nitro groups is 1. The van der Waals surface area contributed by atoms with E-state index in [4.69, 9.17) is 0 Å². The van der Waals surface area contributed by atoms with Crippen molar-refractivity contribution in [1.82, 2.24) is 5.32 Å². The normalized spacial score (nSPS) is 14.9. The number of nitrogens with zero attached hydrogens (tertiary/aromatic N) is 1. The summed E-state index contributed by atoms with van der Waals surface area (Å²) in [6.07, 6.45) is 8.19. The van der Waals surface area contributed by atoms with Crippen molar-refractivity contribution < 1.29 is 9.31 Å². The van der Waals surface area contributed by atoms with E-state index in [0.717, 1.165) is 19.0 Å². The average molecular weight is 278 g/mol. The molecule has 1 aliphatic rings. The number of rotatable bonds is 6. The third-order valence-electron chi connectivity index (χ3n) is 3.49. The Morgan fingerprint density at radius 2 is 2.15 bits per heavy atom. The maximum Gasteiger partial charge on any atom is 0.272 e. The van der Waals surface area contributed by atoms with Gasteiger partial charge in [-0.05, 0) is 50.3 Å². The second-order valence-corrected chi connectivity index (χ2v) is 5.11. The van der Waals surface area contributed by atoms with Crippen LogP contribution in [0.5, 0.6) is 0 Å². The van der Waals surface area contributed by atoms with Crippen LogP contribution in [0.1, 0.15) is 37.7 Å². The van der Waals surface area contributed by atoms with E-state index < -0.39 is 10.7 Å². The summed E-state index contributed by atoms with van der Waals surface area (Å²) in [6, 6.07) is 3.69. The number of nitro benzene ring substituents is 1. The van der Waals surface area contributed by atoms with Gasteiger partial charge in [-0.1, -0.05) is 11.6 Å². The molecule has 1 aliphatic carbocycles. The third-order valence-corrected chi connectivity index (χ3v) is 3.49. The fourth-order valence-corrected chi connectivity index (χ4v) is 2.45. The minimum Gasteiger partial charge on any atom is -0.312 e. The van der Waals surface area contributed by atoms with Gasteiger partial charge in [0.1, 0.15) is 5.82 Å². The van der Waals surface area contributed by atoms with Crippen LogP contribution in [0.3, 0.4) is 0 Å². The monoisotopic (exact) mass is 278 g/mol. The fraction of sp³-hybridized carbons (Fsp3) is 0.467. The SMILES string of the molecule is O=[N+]([O-])c1cc(F)cc(CNCCC2=CCCCC2)c1. The molecule has 108 valence electrons. The summed E-state index contributed by atoms with van der Waals surface area (Å²) in [4.78, 5) is 10.1. The molecule has 0 fully saturated rings. The number of allylic oxidation sites excluding steroid dienone is 1. The number of nitrogens with one attached hydrogen (secondary N) is 1. The van der Waals surface area contributed by atoms with Crippen molar-refractivity contribution in [1.29, 1.82) is 0 Å². The van der Waals surface area contributed by atoms with Crippen LogP contribution in [0, 0.1) is 15.9 Å². The minimum atomic E-state index is -0.570. The Morgan fingerprint density at radius 3 is 2.85 bits per heavy atom. The van der Waals surface area contributed by atoms with Gasteiger partial charge in [-0.25, -0.2) is 4.39 Å². The minimum absolute atomic E-state index is 0.197. The molecule has 0 heterocycles. The van der Waals surface area contributed by atoms with E-state index >= 15 is 0 Å². The molecule has 1 aromatic rings. The van der Waals surface area contributed by atoms with Crippen LogP contribution >= 0.6 is 0 Å². The first-order valence-electron chi connectivity index (χ1n) is 6.97. The van der Waals surface area contributed by atoms with Gasteiger partial charge in [0.25, 0.3) is 5.69 Å². The highest BCUT2D eigenvalue weighted by Crippen LogP contribution is 2.19. The standard InChI is InChI=1S/C15H19FN2O2/c16-14-8-13(9-15(10-14)18(19)20)11-17-7-6-12-4-2-1-3-5-12/h4,8-10,17H,1-3,5-7,11H2. The van der Waals surface area contributed by atoms with Crippen molar-refractivity contribution in [2.75, 3.05) is 6.54 Å². The van der Waals surface area contributed by atoms with Crippen molar-refractivity contribution in [2.24, 2.45) is 0 Å². The molecule has 0 amide bonds. The lowest BCUT2D eigenvalue weighted by Crippen LogP contribution is -2.16. The number of halogens is 1. The second-order valence-electron chi connectivity index (χ2n) is 5.11. The summed E-state index contributed by atoms with van der Waals surface area (Å²) in [6.45, 7) is 1.27. The molecule has 20 heavy (non-hydrogen) atoms. The average Bonchev–Trinajstić information content (AvgIpc) is 2.44. The van der Waals surface area contributed by atoms with E-state index in [0.29, 0.717) is 12.1 Å². The zero-order valence-corrected chi connectivity index (χ0v) is 11.4. The molecule has 1 aromatic carbocycles. The lowest BCUT2D eigenvalue weighted by atomic mass is 9.97. The highest BCUT2D eigenvalue weighted by atomic mass is 19.1. The van der Waals surface area contributed by atoms with E-state index in [1.807, 2.05) is 0 Å². The van der Waals surface area contributed by atoms with Gasteiger partial charge in [0.05, 0.1) is 11.0 Å². The van der Waals surface area contributed by atoms with Crippen LogP contribution in [-0.2, 0) is 6.54 Å². The fourth-order valence-electron chi connectivity index (χ4n) is 2.45. The third kappa shape index (κ3) is 4.42. The first-order chi connectivity index (χ1) is 9.65. The topological polar surface area (TPSA) is 55.2 Å². The van der Waals surface area contributed by atoms with Crippen molar-refractivity contribution in [3.8, 4) is 0 Å². The van der Waals surface area contributed by atoms with Gasteiger partial charge in [-0.3, -0.25) is 10.1 Å². The molecule has 0 saturated carbocycles. The summed E-state index contributed by atoms with van der Waals surface area (Å²) in [7, 11) is 0. The van der Waals surface area contributed by atoms with Crippen molar-refractivity contribution >= 4 is 5.69 Å². The lowest BCUT2D eigenvalue weighted by molar-refractivity contribution is -0.385. The van der Waals surface area contributed by atoms with Crippen LogP contribution < -0.4 is 5.32 Å². The van der Waals surface area contributed by atoms with Crippen LogP contribution in [-0.4, -0.2) is 11.5 Å². The Labute approximate surface area is 117 Å². The molecule has 0 aromatic heterocycles. The zero-order chi connectivity index (χ0) is 14.4. The molecule has 0 bridgehead atoms. The van der Waals surface area contributed by atoms with Gasteiger partial charge in [0.15, 0.2) is 0 Å². The number of benzene rings is 1. The second kappa shape index (κ2) is 7.14. The molecule has 0 unspecified atom stereocenters. The van der Waals surface area contributed by atoms with Crippen molar-refractivity contribution in [2.45, 2.75) is 38.6 Å². The number of hydrogen-bond donors (Lipinski definition) is 1. The molecule has 0 aliphatic heterocycles. The molecule has 2 rings (SSSR count). The summed E-state index contributed by atoms with van der Waals surface area (Å²) in [5.41, 5.74) is 1.89. The number of non-ortho nitro benzene ring substituents is 1. The highest BCUT2D eigenvalue weighted by molar-refractivity contribution is 5.35. The molecule has 0 spiro atoms. The summed E-state index contributed by atoms with van der Waals surface area (Å²) < 4.78 is 13.2. The number of hydrogen-bond acceptors (Lipinski definition) is 3. The maximum absolute atomic E-state index is 13.2. The van der Waals surface area contributed by atoms with Gasteiger partial charge < -0.3 is 5.32 Å².